The number of amides is 1. The molecule has 2 aromatic heterocycles. The van der Waals surface area contributed by atoms with E-state index in [4.69, 9.17) is 0 Å². The highest BCUT2D eigenvalue weighted by Gasteiger charge is 2.46. The maximum Gasteiger partial charge on any atom is 0.229 e. The van der Waals surface area contributed by atoms with Crippen LogP contribution in [0.3, 0.4) is 0 Å². The molecule has 4 rings (SSSR count). The minimum Gasteiger partial charge on any atom is -0.338 e. The molecule has 2 aromatic rings. The van der Waals surface area contributed by atoms with Gasteiger partial charge in [0.2, 0.25) is 5.91 Å². The minimum absolute atomic E-state index is 0.149. The zero-order valence-corrected chi connectivity index (χ0v) is 15.5. The average Bonchev–Trinajstić information content (AvgIpc) is 3.10. The van der Waals surface area contributed by atoms with Crippen molar-refractivity contribution in [3.05, 3.63) is 48.3 Å². The Balaban J connectivity index is 1.40. The minimum atomic E-state index is -0.149. The summed E-state index contributed by atoms with van der Waals surface area (Å²) in [7, 11) is 2.04. The summed E-state index contributed by atoms with van der Waals surface area (Å²) in [5.41, 5.74) is 2.20. The Labute approximate surface area is 154 Å². The molecule has 2 saturated heterocycles. The molecular formula is C20H27N5O. The fourth-order valence-corrected chi connectivity index (χ4v) is 4.39. The van der Waals surface area contributed by atoms with Crippen molar-refractivity contribution in [3.63, 3.8) is 0 Å². The van der Waals surface area contributed by atoms with Gasteiger partial charge < -0.3 is 9.47 Å². The first-order valence-electron chi connectivity index (χ1n) is 9.52. The van der Waals surface area contributed by atoms with Gasteiger partial charge in [0.25, 0.3) is 0 Å². The molecule has 4 heterocycles. The number of aromatic nitrogens is 3. The number of rotatable bonds is 4. The zero-order valence-electron chi connectivity index (χ0n) is 15.5. The molecule has 1 spiro atoms. The lowest BCUT2D eigenvalue weighted by atomic mass is 9.79. The van der Waals surface area contributed by atoms with Gasteiger partial charge in [-0.3, -0.25) is 14.7 Å². The summed E-state index contributed by atoms with van der Waals surface area (Å²) in [6.45, 7) is 4.52. The summed E-state index contributed by atoms with van der Waals surface area (Å²) in [5.74, 6) is 0.351. The molecule has 0 aromatic carbocycles. The van der Waals surface area contributed by atoms with Gasteiger partial charge in [0.15, 0.2) is 0 Å². The summed E-state index contributed by atoms with van der Waals surface area (Å²) < 4.78 is 2.08. The Hall–Kier alpha value is -2.21. The lowest BCUT2D eigenvalue weighted by Gasteiger charge is -2.27. The number of carbonyl (C=O) groups excluding carboxylic acids is 1. The fourth-order valence-electron chi connectivity index (χ4n) is 4.39. The molecule has 138 valence electrons. The molecule has 2 fully saturated rings. The SMILES string of the molecule is Cn1cncc1CN1CCCC2(CC1)CCN(Cc1cccnc1)C2=O. The summed E-state index contributed by atoms with van der Waals surface area (Å²) in [6, 6.07) is 3.99. The molecule has 2 aliphatic rings. The van der Waals surface area contributed by atoms with Gasteiger partial charge in [-0.05, 0) is 50.4 Å². The van der Waals surface area contributed by atoms with E-state index in [-0.39, 0.29) is 5.41 Å². The van der Waals surface area contributed by atoms with Gasteiger partial charge in [0, 0.05) is 45.3 Å². The van der Waals surface area contributed by atoms with Crippen LogP contribution in [0.25, 0.3) is 0 Å². The first-order chi connectivity index (χ1) is 12.7. The highest BCUT2D eigenvalue weighted by atomic mass is 16.2. The first kappa shape index (κ1) is 17.2. The van der Waals surface area contributed by atoms with Crippen LogP contribution in [-0.2, 0) is 24.9 Å². The maximum absolute atomic E-state index is 13.2. The van der Waals surface area contributed by atoms with E-state index in [9.17, 15) is 4.79 Å². The Morgan fingerprint density at radius 2 is 1.96 bits per heavy atom. The standard InChI is InChI=1S/C20H27N5O/c1-23-16-22-13-18(23)15-24-9-3-5-20(6-10-24)7-11-25(19(20)26)14-17-4-2-8-21-12-17/h2,4,8,12-13,16H,3,5-7,9-11,14-15H2,1H3. The molecule has 0 radical (unpaired) electrons. The van der Waals surface area contributed by atoms with Gasteiger partial charge in [-0.15, -0.1) is 0 Å². The zero-order chi connectivity index (χ0) is 18.0. The number of nitrogens with zero attached hydrogens (tertiary/aromatic N) is 5. The topological polar surface area (TPSA) is 54.3 Å². The Bertz CT molecular complexity index is 759. The summed E-state index contributed by atoms with van der Waals surface area (Å²) in [5, 5.41) is 0. The number of hydrogen-bond acceptors (Lipinski definition) is 4. The van der Waals surface area contributed by atoms with Crippen LogP contribution in [0.15, 0.2) is 37.1 Å². The number of likely N-dealkylation sites (tertiary alicyclic amines) is 2. The Morgan fingerprint density at radius 3 is 2.73 bits per heavy atom. The molecule has 1 atom stereocenters. The molecule has 0 saturated carbocycles. The molecule has 1 unspecified atom stereocenters. The lowest BCUT2D eigenvalue weighted by Crippen LogP contribution is -2.35. The van der Waals surface area contributed by atoms with Crippen LogP contribution < -0.4 is 0 Å². The van der Waals surface area contributed by atoms with Crippen molar-refractivity contribution in [2.45, 2.75) is 38.8 Å². The third kappa shape index (κ3) is 3.38. The normalized spacial score (nSPS) is 24.3. The Kier molecular flexibility index (Phi) is 4.76. The van der Waals surface area contributed by atoms with Crippen molar-refractivity contribution in [2.24, 2.45) is 12.5 Å². The van der Waals surface area contributed by atoms with Crippen LogP contribution >= 0.6 is 0 Å². The molecule has 2 aliphatic heterocycles. The average molecular weight is 353 g/mol. The molecule has 1 amide bonds. The second kappa shape index (κ2) is 7.19. The quantitative estimate of drug-likeness (QED) is 0.846. The van der Waals surface area contributed by atoms with Gasteiger partial charge in [-0.25, -0.2) is 4.98 Å². The molecule has 6 heteroatoms. The summed E-state index contributed by atoms with van der Waals surface area (Å²) >= 11 is 0. The molecule has 0 bridgehead atoms. The van der Waals surface area contributed by atoms with E-state index in [1.807, 2.05) is 42.8 Å². The van der Waals surface area contributed by atoms with Crippen LogP contribution in [0.2, 0.25) is 0 Å². The first-order valence-corrected chi connectivity index (χ1v) is 9.52. The largest absolute Gasteiger partial charge is 0.338 e. The number of imidazole rings is 1. The smallest absolute Gasteiger partial charge is 0.229 e. The fraction of sp³-hybridized carbons (Fsp3) is 0.550. The molecule has 0 N–H and O–H groups in total. The van der Waals surface area contributed by atoms with Crippen LogP contribution in [0.5, 0.6) is 0 Å². The van der Waals surface area contributed by atoms with Crippen molar-refractivity contribution in [2.75, 3.05) is 19.6 Å². The summed E-state index contributed by atoms with van der Waals surface area (Å²) in [6.07, 6.45) is 11.5. The number of hydrogen-bond donors (Lipinski definition) is 0. The third-order valence-corrected chi connectivity index (χ3v) is 6.04. The van der Waals surface area contributed by atoms with Gasteiger partial charge in [-0.2, -0.15) is 0 Å². The van der Waals surface area contributed by atoms with E-state index in [1.165, 1.54) is 5.69 Å². The third-order valence-electron chi connectivity index (χ3n) is 6.04. The van der Waals surface area contributed by atoms with E-state index in [2.05, 4.69) is 19.4 Å². The molecule has 0 aliphatic carbocycles. The highest BCUT2D eigenvalue weighted by molar-refractivity contribution is 5.84. The van der Waals surface area contributed by atoms with E-state index in [1.54, 1.807) is 6.20 Å². The number of carbonyl (C=O) groups is 1. The maximum atomic E-state index is 13.2. The summed E-state index contributed by atoms with van der Waals surface area (Å²) in [4.78, 5) is 26.1. The van der Waals surface area contributed by atoms with Gasteiger partial charge >= 0.3 is 0 Å². The van der Waals surface area contributed by atoms with E-state index in [0.717, 1.165) is 57.4 Å². The van der Waals surface area contributed by atoms with Crippen LogP contribution in [0.4, 0.5) is 0 Å². The van der Waals surface area contributed by atoms with Crippen molar-refractivity contribution >= 4 is 5.91 Å². The van der Waals surface area contributed by atoms with Gasteiger partial charge in [0.05, 0.1) is 17.4 Å². The van der Waals surface area contributed by atoms with Crippen molar-refractivity contribution in [1.82, 2.24) is 24.3 Å². The molecule has 6 nitrogen and oxygen atoms in total. The molecular weight excluding hydrogens is 326 g/mol. The monoisotopic (exact) mass is 353 g/mol. The number of aryl methyl sites for hydroxylation is 1. The van der Waals surface area contributed by atoms with E-state index < -0.39 is 0 Å². The second-order valence-electron chi connectivity index (χ2n) is 7.74. The second-order valence-corrected chi connectivity index (χ2v) is 7.74. The van der Waals surface area contributed by atoms with Crippen molar-refractivity contribution in [3.8, 4) is 0 Å². The van der Waals surface area contributed by atoms with Crippen molar-refractivity contribution in [1.29, 1.82) is 0 Å². The highest BCUT2D eigenvalue weighted by Crippen LogP contribution is 2.42. The van der Waals surface area contributed by atoms with Crippen LogP contribution in [0, 0.1) is 5.41 Å². The van der Waals surface area contributed by atoms with Crippen LogP contribution in [0.1, 0.15) is 36.9 Å². The van der Waals surface area contributed by atoms with E-state index in [0.29, 0.717) is 12.5 Å². The molecule has 26 heavy (non-hydrogen) atoms. The predicted molar refractivity (Wildman–Crippen MR) is 99.0 cm³/mol. The predicted octanol–water partition coefficient (Wildman–Crippen LogP) is 2.22. The van der Waals surface area contributed by atoms with Crippen molar-refractivity contribution < 1.29 is 4.79 Å². The van der Waals surface area contributed by atoms with Gasteiger partial charge in [-0.1, -0.05) is 6.07 Å². The van der Waals surface area contributed by atoms with E-state index >= 15 is 0 Å². The Morgan fingerprint density at radius 1 is 1.08 bits per heavy atom. The van der Waals surface area contributed by atoms with Gasteiger partial charge in [0.1, 0.15) is 0 Å². The number of pyridine rings is 1. The van der Waals surface area contributed by atoms with Crippen LogP contribution in [-0.4, -0.2) is 49.9 Å². The lowest BCUT2D eigenvalue weighted by molar-refractivity contribution is -0.137.